The molecular formula is C28H40N2O5. The summed E-state index contributed by atoms with van der Waals surface area (Å²) in [6, 6.07) is 9.70. The van der Waals surface area contributed by atoms with Crippen molar-refractivity contribution in [2.45, 2.75) is 38.5 Å². The van der Waals surface area contributed by atoms with Crippen molar-refractivity contribution >= 4 is 0 Å². The Kier molecular flexibility index (Phi) is 5.65. The average Bonchev–Trinajstić information content (AvgIpc) is 2.88. The second-order valence-corrected chi connectivity index (χ2v) is 8.59. The van der Waals surface area contributed by atoms with Crippen LogP contribution in [0.2, 0.25) is 0 Å². The average molecular weight is 497 g/mol. The van der Waals surface area contributed by atoms with Crippen LogP contribution in [0.5, 0.6) is 28.7 Å². The van der Waals surface area contributed by atoms with Gasteiger partial charge in [0.25, 0.3) is 0 Å². The van der Waals surface area contributed by atoms with E-state index in [0.717, 1.165) is 5.56 Å². The summed E-state index contributed by atoms with van der Waals surface area (Å²) in [6.45, 7) is 4.63. The topological polar surface area (TPSA) is 73.2 Å². The fraction of sp³-hybridized carbons (Fsp3) is 0.536. The van der Waals surface area contributed by atoms with Gasteiger partial charge in [-0.3, -0.25) is 0 Å². The maximum atomic E-state index is 10.5. The first-order chi connectivity index (χ1) is 21.4. The molecule has 0 spiro atoms. The summed E-state index contributed by atoms with van der Waals surface area (Å²) in [4.78, 5) is 2.01. The number of nitrogens with zero attached hydrogens (tertiary/aromatic N) is 2. The maximum Gasteiger partial charge on any atom is 0.203 e. The van der Waals surface area contributed by atoms with Crippen LogP contribution >= 0.6 is 0 Å². The number of benzene rings is 2. The van der Waals surface area contributed by atoms with Crippen LogP contribution < -0.4 is 23.7 Å². The Balaban J connectivity index is 2.38. The summed E-state index contributed by atoms with van der Waals surface area (Å²) in [5.74, 6) is -1.97. The van der Waals surface area contributed by atoms with Gasteiger partial charge in [-0.2, -0.15) is 5.26 Å². The molecule has 2 aromatic rings. The lowest BCUT2D eigenvalue weighted by Gasteiger charge is -2.33. The number of hydrogen-bond donors (Lipinski definition) is 0. The molecule has 0 aromatic heterocycles. The fourth-order valence-corrected chi connectivity index (χ4v) is 4.12. The van der Waals surface area contributed by atoms with E-state index in [1.807, 2.05) is 11.9 Å². The van der Waals surface area contributed by atoms with Gasteiger partial charge in [-0.05, 0) is 74.2 Å². The van der Waals surface area contributed by atoms with Gasteiger partial charge in [0.05, 0.1) is 63.2 Å². The number of hydrogen-bond acceptors (Lipinski definition) is 7. The molecule has 0 fully saturated rings. The van der Waals surface area contributed by atoms with Crippen molar-refractivity contribution in [2.75, 3.05) is 55.4 Å². The minimum Gasteiger partial charge on any atom is -0.493 e. The molecule has 0 bridgehead atoms. The molecular weight excluding hydrogens is 444 g/mol. The monoisotopic (exact) mass is 496 g/mol. The molecule has 0 amide bonds. The van der Waals surface area contributed by atoms with Crippen molar-refractivity contribution in [1.82, 2.24) is 4.90 Å². The third-order valence-corrected chi connectivity index (χ3v) is 6.27. The molecule has 0 radical (unpaired) electrons. The normalized spacial score (nSPS) is 19.2. The van der Waals surface area contributed by atoms with E-state index in [4.69, 9.17) is 40.1 Å². The third kappa shape index (κ3) is 6.52. The molecule has 7 nitrogen and oxygen atoms in total. The highest BCUT2D eigenvalue weighted by atomic mass is 16.5. The van der Waals surface area contributed by atoms with Crippen LogP contribution in [0, 0.1) is 17.2 Å². The molecule has 2 aromatic carbocycles. The number of rotatable bonds is 14. The Morgan fingerprint density at radius 1 is 0.914 bits per heavy atom. The summed E-state index contributed by atoms with van der Waals surface area (Å²) >= 11 is 0. The van der Waals surface area contributed by atoms with Gasteiger partial charge in [-0.25, -0.2) is 0 Å². The Morgan fingerprint density at radius 3 is 2.14 bits per heavy atom. The van der Waals surface area contributed by atoms with Crippen molar-refractivity contribution in [1.29, 1.82) is 5.26 Å². The molecule has 0 saturated heterocycles. The van der Waals surface area contributed by atoms with Crippen LogP contribution in [0.4, 0.5) is 0 Å². The smallest absolute Gasteiger partial charge is 0.203 e. The van der Waals surface area contributed by atoms with Crippen molar-refractivity contribution in [3.05, 3.63) is 41.5 Å². The zero-order chi connectivity index (χ0) is 36.0. The van der Waals surface area contributed by atoms with E-state index in [2.05, 4.69) is 6.07 Å². The Hall–Kier alpha value is -3.11. The molecule has 0 aliphatic carbocycles. The van der Waals surface area contributed by atoms with Crippen LogP contribution in [-0.2, 0) is 11.8 Å². The van der Waals surface area contributed by atoms with Crippen LogP contribution in [-0.4, -0.2) is 60.3 Å². The minimum absolute atomic E-state index is 0.0994. The second-order valence-electron chi connectivity index (χ2n) is 8.59. The minimum atomic E-state index is -3.12. The van der Waals surface area contributed by atoms with Crippen LogP contribution in [0.15, 0.2) is 30.3 Å². The summed E-state index contributed by atoms with van der Waals surface area (Å²) in [7, 11) is -8.64. The maximum absolute atomic E-state index is 10.5. The molecule has 192 valence electrons. The first-order valence-electron chi connectivity index (χ1n) is 17.1. The van der Waals surface area contributed by atoms with Gasteiger partial charge in [0.2, 0.25) is 5.75 Å². The predicted molar refractivity (Wildman–Crippen MR) is 138 cm³/mol. The van der Waals surface area contributed by atoms with Gasteiger partial charge in [-0.15, -0.1) is 0 Å². The van der Waals surface area contributed by atoms with E-state index >= 15 is 0 Å². The van der Waals surface area contributed by atoms with Gasteiger partial charge in [0, 0.05) is 6.54 Å². The summed E-state index contributed by atoms with van der Waals surface area (Å²) in [5, 5.41) is 10.5. The van der Waals surface area contributed by atoms with E-state index in [9.17, 15) is 5.26 Å². The highest BCUT2D eigenvalue weighted by Crippen LogP contribution is 2.45. The largest absolute Gasteiger partial charge is 0.493 e. The van der Waals surface area contributed by atoms with E-state index in [-0.39, 0.29) is 29.4 Å². The molecule has 0 N–H and O–H groups in total. The van der Waals surface area contributed by atoms with E-state index < -0.39 is 50.8 Å². The Labute approximate surface area is 227 Å². The number of ether oxygens (including phenoxy) is 5. The van der Waals surface area contributed by atoms with Gasteiger partial charge < -0.3 is 28.6 Å². The molecule has 35 heavy (non-hydrogen) atoms. The quantitative estimate of drug-likeness (QED) is 0.360. The lowest BCUT2D eigenvalue weighted by Crippen LogP contribution is -2.32. The van der Waals surface area contributed by atoms with Crippen molar-refractivity contribution in [2.24, 2.45) is 5.92 Å². The Bertz CT molecular complexity index is 1350. The molecule has 0 heterocycles. The molecule has 1 unspecified atom stereocenters. The molecule has 1 atom stereocenters. The van der Waals surface area contributed by atoms with E-state index in [0.29, 0.717) is 25.9 Å². The van der Waals surface area contributed by atoms with Crippen LogP contribution in [0.25, 0.3) is 0 Å². The molecule has 0 aliphatic rings. The summed E-state index contributed by atoms with van der Waals surface area (Å²) < 4.78 is 116. The summed E-state index contributed by atoms with van der Waals surface area (Å²) in [5.41, 5.74) is -0.334. The SMILES string of the molecule is [2H]C([2H])([2H])Oc1cc(CCN(C)CCCC(C#N)(c2cc(OC([2H])([2H])[2H])c(OC([2H])([2H])[2H])c(OC([2H])([2H])[2H])c2)C(C)C)ccc1OC. The van der Waals surface area contributed by atoms with E-state index in [1.54, 1.807) is 32.0 Å². The van der Waals surface area contributed by atoms with Gasteiger partial charge in [0.1, 0.15) is 0 Å². The highest BCUT2D eigenvalue weighted by Gasteiger charge is 2.37. The van der Waals surface area contributed by atoms with E-state index in [1.165, 1.54) is 19.2 Å². The standard InChI is InChI=1S/C28H40N2O5/c1-20(2)28(19-29,22-17-25(33-6)27(35-8)26(18-22)34-7)13-9-14-30(3)15-12-21-10-11-23(31-4)24(16-21)32-5/h10-11,16-18,20H,9,12-15H2,1-8H3/i5D3,6D3,7D3,8D3. The van der Waals surface area contributed by atoms with Gasteiger partial charge >= 0.3 is 0 Å². The number of likely N-dealkylation sites (N-methyl/N-ethyl adjacent to an activating group) is 1. The van der Waals surface area contributed by atoms with Crippen molar-refractivity contribution in [3.8, 4) is 34.8 Å². The van der Waals surface area contributed by atoms with Crippen LogP contribution in [0.3, 0.4) is 0 Å². The zero-order valence-corrected chi connectivity index (χ0v) is 20.4. The lowest BCUT2D eigenvalue weighted by atomic mass is 9.69. The zero-order valence-electron chi connectivity index (χ0n) is 32.4. The van der Waals surface area contributed by atoms with Gasteiger partial charge in [-0.1, -0.05) is 19.9 Å². The molecule has 0 saturated carbocycles. The highest BCUT2D eigenvalue weighted by molar-refractivity contribution is 5.56. The third-order valence-electron chi connectivity index (χ3n) is 6.27. The first-order valence-corrected chi connectivity index (χ1v) is 11.1. The van der Waals surface area contributed by atoms with Crippen molar-refractivity contribution < 1.29 is 40.1 Å². The molecule has 7 heteroatoms. The van der Waals surface area contributed by atoms with Crippen LogP contribution in [0.1, 0.15) is 54.3 Å². The van der Waals surface area contributed by atoms with Gasteiger partial charge in [0.15, 0.2) is 23.0 Å². The fourth-order valence-electron chi connectivity index (χ4n) is 4.12. The molecule has 0 aliphatic heterocycles. The lowest BCUT2D eigenvalue weighted by molar-refractivity contribution is 0.290. The first kappa shape index (κ1) is 15.1. The molecule has 2 rings (SSSR count). The second kappa shape index (κ2) is 13.1. The number of methoxy groups -OCH3 is 5. The number of nitriles is 1. The van der Waals surface area contributed by atoms with Crippen molar-refractivity contribution in [3.63, 3.8) is 0 Å². The summed E-state index contributed by atoms with van der Waals surface area (Å²) in [6.07, 6.45) is 1.25. The Morgan fingerprint density at radius 2 is 1.57 bits per heavy atom. The predicted octanol–water partition coefficient (Wildman–Crippen LogP) is 5.10.